The van der Waals surface area contributed by atoms with E-state index in [4.69, 9.17) is 17.4 Å². The molecule has 3 aromatic rings. The van der Waals surface area contributed by atoms with Crippen molar-refractivity contribution >= 4 is 49.5 Å². The van der Waals surface area contributed by atoms with E-state index in [1.54, 1.807) is 18.2 Å². The van der Waals surface area contributed by atoms with E-state index in [2.05, 4.69) is 10.6 Å². The van der Waals surface area contributed by atoms with Crippen LogP contribution in [-0.4, -0.2) is 13.5 Å². The molecule has 0 fully saturated rings. The zero-order valence-corrected chi connectivity index (χ0v) is 14.2. The van der Waals surface area contributed by atoms with Gasteiger partial charge in [0.15, 0.2) is 5.11 Å². The molecule has 3 aromatic carbocycles. The van der Waals surface area contributed by atoms with Gasteiger partial charge in [-0.05, 0) is 35.8 Å². The van der Waals surface area contributed by atoms with E-state index in [9.17, 15) is 8.42 Å². The Balaban J connectivity index is 1.99. The van der Waals surface area contributed by atoms with E-state index in [0.717, 1.165) is 11.1 Å². The number of sulfonamides is 1. The smallest absolute Gasteiger partial charge is 0.240 e. The van der Waals surface area contributed by atoms with Crippen molar-refractivity contribution < 1.29 is 8.42 Å². The number of anilines is 2. The fraction of sp³-hybridized carbons (Fsp3) is 0. The number of primary sulfonamides is 1. The summed E-state index contributed by atoms with van der Waals surface area (Å²) >= 11 is 5.27. The lowest BCUT2D eigenvalue weighted by Gasteiger charge is -2.15. The Morgan fingerprint density at radius 3 is 2.25 bits per heavy atom. The van der Waals surface area contributed by atoms with Gasteiger partial charge in [0.05, 0.1) is 5.69 Å². The van der Waals surface area contributed by atoms with Crippen LogP contribution in [0.1, 0.15) is 0 Å². The molecule has 0 aromatic heterocycles. The Kier molecular flexibility index (Phi) is 4.48. The topological polar surface area (TPSA) is 84.2 Å². The van der Waals surface area contributed by atoms with Crippen LogP contribution in [0.25, 0.3) is 10.8 Å². The standard InChI is InChI=1S/C17H15N3O2S2/c18-24(21,22)16-14-9-5-4-6-12(14)10-11-15(16)20-17(23)19-13-7-2-1-3-8-13/h1-11H,(H2,18,21,22)(H2,19,20,23). The lowest BCUT2D eigenvalue weighted by molar-refractivity contribution is 0.599. The molecule has 0 aliphatic rings. The third-order valence-electron chi connectivity index (χ3n) is 3.44. The predicted octanol–water partition coefficient (Wildman–Crippen LogP) is 3.30. The first-order chi connectivity index (χ1) is 11.4. The third-order valence-corrected chi connectivity index (χ3v) is 4.66. The van der Waals surface area contributed by atoms with Crippen molar-refractivity contribution in [2.24, 2.45) is 5.14 Å². The monoisotopic (exact) mass is 357 g/mol. The molecule has 5 nitrogen and oxygen atoms in total. The molecule has 122 valence electrons. The van der Waals surface area contributed by atoms with Gasteiger partial charge in [-0.25, -0.2) is 13.6 Å². The molecule has 24 heavy (non-hydrogen) atoms. The number of benzene rings is 3. The highest BCUT2D eigenvalue weighted by Crippen LogP contribution is 2.29. The van der Waals surface area contributed by atoms with Gasteiger partial charge in [-0.15, -0.1) is 0 Å². The third kappa shape index (κ3) is 3.53. The largest absolute Gasteiger partial charge is 0.332 e. The summed E-state index contributed by atoms with van der Waals surface area (Å²) in [6, 6.07) is 20.0. The van der Waals surface area contributed by atoms with Crippen molar-refractivity contribution in [1.82, 2.24) is 0 Å². The second-order valence-corrected chi connectivity index (χ2v) is 7.06. The molecule has 0 unspecified atom stereocenters. The average molecular weight is 357 g/mol. The molecule has 0 bridgehead atoms. The van der Waals surface area contributed by atoms with Gasteiger partial charge in [0.2, 0.25) is 10.0 Å². The average Bonchev–Trinajstić information content (AvgIpc) is 2.54. The molecular weight excluding hydrogens is 342 g/mol. The Labute approximate surface area is 145 Å². The lowest BCUT2D eigenvalue weighted by Crippen LogP contribution is -2.22. The Morgan fingerprint density at radius 1 is 0.875 bits per heavy atom. The molecule has 0 aliphatic carbocycles. The molecule has 0 spiro atoms. The number of hydrogen-bond donors (Lipinski definition) is 3. The molecule has 7 heteroatoms. The summed E-state index contributed by atoms with van der Waals surface area (Å²) in [7, 11) is -3.93. The Bertz CT molecular complexity index is 1000. The van der Waals surface area contributed by atoms with Crippen molar-refractivity contribution in [2.75, 3.05) is 10.6 Å². The van der Waals surface area contributed by atoms with Crippen LogP contribution < -0.4 is 15.8 Å². The maximum Gasteiger partial charge on any atom is 0.240 e. The first-order valence-electron chi connectivity index (χ1n) is 7.13. The number of fused-ring (bicyclic) bond motifs is 1. The van der Waals surface area contributed by atoms with Crippen LogP contribution in [0.4, 0.5) is 11.4 Å². The van der Waals surface area contributed by atoms with E-state index in [1.807, 2.05) is 48.5 Å². The normalized spacial score (nSPS) is 11.2. The van der Waals surface area contributed by atoms with Crippen LogP contribution in [0.15, 0.2) is 71.6 Å². The summed E-state index contributed by atoms with van der Waals surface area (Å²) in [6.07, 6.45) is 0. The number of thiocarbonyl (C=S) groups is 1. The van der Waals surface area contributed by atoms with Crippen LogP contribution in [0, 0.1) is 0 Å². The van der Waals surface area contributed by atoms with Gasteiger partial charge >= 0.3 is 0 Å². The number of para-hydroxylation sites is 1. The highest BCUT2D eigenvalue weighted by molar-refractivity contribution is 7.89. The number of nitrogens with one attached hydrogen (secondary N) is 2. The molecular formula is C17H15N3O2S2. The van der Waals surface area contributed by atoms with Gasteiger partial charge in [-0.1, -0.05) is 48.5 Å². The maximum atomic E-state index is 12.1. The molecule has 0 heterocycles. The van der Waals surface area contributed by atoms with E-state index in [1.165, 1.54) is 0 Å². The number of nitrogens with two attached hydrogens (primary N) is 1. The molecule has 0 saturated carbocycles. The van der Waals surface area contributed by atoms with E-state index in [-0.39, 0.29) is 10.0 Å². The summed E-state index contributed by atoms with van der Waals surface area (Å²) < 4.78 is 24.2. The maximum absolute atomic E-state index is 12.1. The van der Waals surface area contributed by atoms with E-state index >= 15 is 0 Å². The molecule has 0 saturated heterocycles. The highest BCUT2D eigenvalue weighted by Gasteiger charge is 2.18. The van der Waals surface area contributed by atoms with Crippen LogP contribution in [0.3, 0.4) is 0 Å². The fourth-order valence-corrected chi connectivity index (χ4v) is 3.60. The first kappa shape index (κ1) is 16.4. The summed E-state index contributed by atoms with van der Waals surface area (Å²) in [5.74, 6) is 0. The molecule has 0 amide bonds. The zero-order chi connectivity index (χ0) is 17.2. The number of rotatable bonds is 3. The van der Waals surface area contributed by atoms with Crippen molar-refractivity contribution in [2.45, 2.75) is 4.90 Å². The second kappa shape index (κ2) is 6.56. The zero-order valence-electron chi connectivity index (χ0n) is 12.6. The van der Waals surface area contributed by atoms with Crippen LogP contribution in [-0.2, 0) is 10.0 Å². The minimum absolute atomic E-state index is 0.0258. The first-order valence-corrected chi connectivity index (χ1v) is 9.08. The minimum atomic E-state index is -3.93. The van der Waals surface area contributed by atoms with Crippen molar-refractivity contribution in [3.05, 3.63) is 66.7 Å². The molecule has 4 N–H and O–H groups in total. The molecule has 0 aliphatic heterocycles. The Morgan fingerprint density at radius 2 is 1.54 bits per heavy atom. The van der Waals surface area contributed by atoms with Crippen LogP contribution in [0.2, 0.25) is 0 Å². The Hall–Kier alpha value is -2.48. The summed E-state index contributed by atoms with van der Waals surface area (Å²) in [4.78, 5) is 0.0258. The van der Waals surface area contributed by atoms with Gasteiger partial charge in [0.25, 0.3) is 0 Å². The van der Waals surface area contributed by atoms with Gasteiger partial charge in [0, 0.05) is 11.1 Å². The van der Waals surface area contributed by atoms with Gasteiger partial charge in [0.1, 0.15) is 4.90 Å². The number of hydrogen-bond acceptors (Lipinski definition) is 3. The highest BCUT2D eigenvalue weighted by atomic mass is 32.2. The fourth-order valence-electron chi connectivity index (χ4n) is 2.45. The summed E-state index contributed by atoms with van der Waals surface area (Å²) in [6.45, 7) is 0. The SMILES string of the molecule is NS(=O)(=O)c1c(NC(=S)Nc2ccccc2)ccc2ccccc12. The lowest BCUT2D eigenvalue weighted by atomic mass is 10.1. The van der Waals surface area contributed by atoms with E-state index < -0.39 is 10.0 Å². The molecule has 0 radical (unpaired) electrons. The molecule has 0 atom stereocenters. The predicted molar refractivity (Wildman–Crippen MR) is 102 cm³/mol. The van der Waals surface area contributed by atoms with E-state index in [0.29, 0.717) is 11.1 Å². The second-order valence-electron chi connectivity index (χ2n) is 5.15. The quantitative estimate of drug-likeness (QED) is 0.627. The summed E-state index contributed by atoms with van der Waals surface area (Å²) in [5.41, 5.74) is 1.14. The summed E-state index contributed by atoms with van der Waals surface area (Å²) in [5, 5.41) is 13.0. The molecule has 3 rings (SSSR count). The van der Waals surface area contributed by atoms with Gasteiger partial charge in [-0.3, -0.25) is 0 Å². The van der Waals surface area contributed by atoms with Crippen molar-refractivity contribution in [3.63, 3.8) is 0 Å². The van der Waals surface area contributed by atoms with Gasteiger partial charge in [-0.2, -0.15) is 0 Å². The van der Waals surface area contributed by atoms with Crippen LogP contribution >= 0.6 is 12.2 Å². The van der Waals surface area contributed by atoms with Crippen LogP contribution in [0.5, 0.6) is 0 Å². The van der Waals surface area contributed by atoms with Crippen molar-refractivity contribution in [1.29, 1.82) is 0 Å². The van der Waals surface area contributed by atoms with Gasteiger partial charge < -0.3 is 10.6 Å². The van der Waals surface area contributed by atoms with Crippen molar-refractivity contribution in [3.8, 4) is 0 Å². The minimum Gasteiger partial charge on any atom is -0.332 e.